The maximum Gasteiger partial charge on any atom is 0.338 e. The highest BCUT2D eigenvalue weighted by molar-refractivity contribution is 5.89. The SMILES string of the molecule is Cc1ccc(C(=O)OC(C)C)cc1C. The Labute approximate surface area is 84.9 Å². The molecule has 0 unspecified atom stereocenters. The maximum atomic E-state index is 11.5. The molecule has 0 saturated heterocycles. The van der Waals surface area contributed by atoms with Crippen LogP contribution in [0.25, 0.3) is 0 Å². The normalized spacial score (nSPS) is 10.4. The van der Waals surface area contributed by atoms with Crippen LogP contribution in [0.5, 0.6) is 0 Å². The Hall–Kier alpha value is -1.31. The van der Waals surface area contributed by atoms with Gasteiger partial charge in [-0.1, -0.05) is 6.07 Å². The molecule has 1 aromatic rings. The van der Waals surface area contributed by atoms with Gasteiger partial charge in [0.2, 0.25) is 0 Å². The lowest BCUT2D eigenvalue weighted by Gasteiger charge is -2.08. The summed E-state index contributed by atoms with van der Waals surface area (Å²) in [5.41, 5.74) is 2.93. The lowest BCUT2D eigenvalue weighted by molar-refractivity contribution is 0.0378. The van der Waals surface area contributed by atoms with Gasteiger partial charge in [-0.05, 0) is 51.0 Å². The minimum Gasteiger partial charge on any atom is -0.459 e. The number of hydrogen-bond acceptors (Lipinski definition) is 2. The summed E-state index contributed by atoms with van der Waals surface area (Å²) in [6.07, 6.45) is -0.0656. The first kappa shape index (κ1) is 10.8. The van der Waals surface area contributed by atoms with Gasteiger partial charge in [-0.2, -0.15) is 0 Å². The number of carbonyl (C=O) groups is 1. The number of hydrogen-bond donors (Lipinski definition) is 0. The van der Waals surface area contributed by atoms with Crippen LogP contribution in [0.2, 0.25) is 0 Å². The zero-order valence-electron chi connectivity index (χ0n) is 9.13. The van der Waals surface area contributed by atoms with Crippen molar-refractivity contribution in [2.24, 2.45) is 0 Å². The van der Waals surface area contributed by atoms with Crippen molar-refractivity contribution < 1.29 is 9.53 Å². The van der Waals surface area contributed by atoms with Crippen molar-refractivity contribution in [2.45, 2.75) is 33.8 Å². The highest BCUT2D eigenvalue weighted by atomic mass is 16.5. The number of esters is 1. The van der Waals surface area contributed by atoms with Gasteiger partial charge in [0.1, 0.15) is 0 Å². The molecular weight excluding hydrogens is 176 g/mol. The molecule has 14 heavy (non-hydrogen) atoms. The van der Waals surface area contributed by atoms with E-state index in [0.29, 0.717) is 5.56 Å². The Morgan fingerprint density at radius 3 is 2.36 bits per heavy atom. The summed E-state index contributed by atoms with van der Waals surface area (Å²) in [6.45, 7) is 7.70. The molecule has 0 fully saturated rings. The van der Waals surface area contributed by atoms with Crippen LogP contribution in [0.1, 0.15) is 35.3 Å². The predicted octanol–water partition coefficient (Wildman–Crippen LogP) is 2.87. The lowest BCUT2D eigenvalue weighted by atomic mass is 10.1. The first-order chi connectivity index (χ1) is 6.50. The van der Waals surface area contributed by atoms with E-state index in [4.69, 9.17) is 4.74 Å². The molecule has 2 nitrogen and oxygen atoms in total. The van der Waals surface area contributed by atoms with E-state index in [0.717, 1.165) is 5.56 Å². The molecule has 0 heterocycles. The molecule has 0 radical (unpaired) electrons. The highest BCUT2D eigenvalue weighted by Gasteiger charge is 2.09. The van der Waals surface area contributed by atoms with Crippen molar-refractivity contribution in [3.05, 3.63) is 34.9 Å². The number of ether oxygens (including phenoxy) is 1. The summed E-state index contributed by atoms with van der Waals surface area (Å²) in [7, 11) is 0. The van der Waals surface area contributed by atoms with Crippen molar-refractivity contribution >= 4 is 5.97 Å². The summed E-state index contributed by atoms with van der Waals surface area (Å²) >= 11 is 0. The van der Waals surface area contributed by atoms with E-state index in [1.165, 1.54) is 5.56 Å². The first-order valence-electron chi connectivity index (χ1n) is 4.79. The van der Waals surface area contributed by atoms with E-state index in [9.17, 15) is 4.79 Å². The summed E-state index contributed by atoms with van der Waals surface area (Å²) in [5, 5.41) is 0. The third-order valence-electron chi connectivity index (χ3n) is 2.09. The molecule has 76 valence electrons. The Morgan fingerprint density at radius 1 is 1.21 bits per heavy atom. The van der Waals surface area contributed by atoms with Crippen molar-refractivity contribution in [3.8, 4) is 0 Å². The average molecular weight is 192 g/mol. The van der Waals surface area contributed by atoms with Gasteiger partial charge in [-0.15, -0.1) is 0 Å². The predicted molar refractivity (Wildman–Crippen MR) is 56.5 cm³/mol. The minimum atomic E-state index is -0.247. The zero-order chi connectivity index (χ0) is 10.7. The summed E-state index contributed by atoms with van der Waals surface area (Å²) in [5.74, 6) is -0.247. The fourth-order valence-electron chi connectivity index (χ4n) is 1.15. The van der Waals surface area contributed by atoms with Crippen LogP contribution in [0.3, 0.4) is 0 Å². The summed E-state index contributed by atoms with van der Waals surface area (Å²) in [6, 6.07) is 5.60. The van der Waals surface area contributed by atoms with E-state index < -0.39 is 0 Å². The van der Waals surface area contributed by atoms with Crippen LogP contribution < -0.4 is 0 Å². The van der Waals surface area contributed by atoms with Crippen molar-refractivity contribution in [2.75, 3.05) is 0 Å². The van der Waals surface area contributed by atoms with Gasteiger partial charge < -0.3 is 4.74 Å². The fourth-order valence-corrected chi connectivity index (χ4v) is 1.15. The van der Waals surface area contributed by atoms with Crippen LogP contribution in [-0.2, 0) is 4.74 Å². The van der Waals surface area contributed by atoms with Crippen LogP contribution in [0.15, 0.2) is 18.2 Å². The van der Waals surface area contributed by atoms with Gasteiger partial charge >= 0.3 is 5.97 Å². The van der Waals surface area contributed by atoms with Gasteiger partial charge in [0.15, 0.2) is 0 Å². The van der Waals surface area contributed by atoms with E-state index >= 15 is 0 Å². The van der Waals surface area contributed by atoms with Crippen LogP contribution >= 0.6 is 0 Å². The Morgan fingerprint density at radius 2 is 1.86 bits per heavy atom. The third kappa shape index (κ3) is 2.59. The smallest absolute Gasteiger partial charge is 0.338 e. The van der Waals surface area contributed by atoms with E-state index in [1.807, 2.05) is 39.8 Å². The third-order valence-corrected chi connectivity index (χ3v) is 2.09. The number of aryl methyl sites for hydroxylation is 2. The fraction of sp³-hybridized carbons (Fsp3) is 0.417. The molecular formula is C12H16O2. The molecule has 0 aromatic heterocycles. The average Bonchev–Trinajstić information content (AvgIpc) is 2.08. The van der Waals surface area contributed by atoms with Crippen molar-refractivity contribution in [1.82, 2.24) is 0 Å². The molecule has 0 atom stereocenters. The number of rotatable bonds is 2. The monoisotopic (exact) mass is 192 g/mol. The minimum absolute atomic E-state index is 0.0656. The second-order valence-corrected chi connectivity index (χ2v) is 3.75. The van der Waals surface area contributed by atoms with Crippen LogP contribution in [0.4, 0.5) is 0 Å². The molecule has 0 aliphatic heterocycles. The van der Waals surface area contributed by atoms with Crippen molar-refractivity contribution in [3.63, 3.8) is 0 Å². The Balaban J connectivity index is 2.86. The molecule has 0 saturated carbocycles. The Bertz CT molecular complexity index is 340. The largest absolute Gasteiger partial charge is 0.459 e. The van der Waals surface area contributed by atoms with Gasteiger partial charge in [-0.25, -0.2) is 4.79 Å². The van der Waals surface area contributed by atoms with Crippen LogP contribution in [-0.4, -0.2) is 12.1 Å². The van der Waals surface area contributed by atoms with E-state index in [-0.39, 0.29) is 12.1 Å². The van der Waals surface area contributed by atoms with Gasteiger partial charge in [0.25, 0.3) is 0 Å². The molecule has 2 heteroatoms. The molecule has 1 aromatic carbocycles. The standard InChI is InChI=1S/C12H16O2/c1-8(2)14-12(13)11-6-5-9(3)10(4)7-11/h5-8H,1-4H3. The highest BCUT2D eigenvalue weighted by Crippen LogP contribution is 2.11. The second kappa shape index (κ2) is 4.27. The lowest BCUT2D eigenvalue weighted by Crippen LogP contribution is -2.11. The van der Waals surface area contributed by atoms with Gasteiger partial charge in [0, 0.05) is 0 Å². The molecule has 0 aliphatic rings. The topological polar surface area (TPSA) is 26.3 Å². The molecule has 0 N–H and O–H groups in total. The molecule has 0 bridgehead atoms. The van der Waals surface area contributed by atoms with E-state index in [2.05, 4.69) is 0 Å². The van der Waals surface area contributed by atoms with Crippen molar-refractivity contribution in [1.29, 1.82) is 0 Å². The van der Waals surface area contributed by atoms with Gasteiger partial charge in [-0.3, -0.25) is 0 Å². The van der Waals surface area contributed by atoms with Gasteiger partial charge in [0.05, 0.1) is 11.7 Å². The summed E-state index contributed by atoms with van der Waals surface area (Å²) in [4.78, 5) is 11.5. The number of benzene rings is 1. The maximum absolute atomic E-state index is 11.5. The quantitative estimate of drug-likeness (QED) is 0.673. The van der Waals surface area contributed by atoms with E-state index in [1.54, 1.807) is 6.07 Å². The molecule has 0 spiro atoms. The molecule has 1 rings (SSSR count). The Kier molecular flexibility index (Phi) is 3.28. The molecule has 0 aliphatic carbocycles. The van der Waals surface area contributed by atoms with Crippen LogP contribution in [0, 0.1) is 13.8 Å². The number of carbonyl (C=O) groups excluding carboxylic acids is 1. The second-order valence-electron chi connectivity index (χ2n) is 3.75. The first-order valence-corrected chi connectivity index (χ1v) is 4.79. The zero-order valence-corrected chi connectivity index (χ0v) is 9.13. The summed E-state index contributed by atoms with van der Waals surface area (Å²) < 4.78 is 5.09. The molecule has 0 amide bonds.